The fourth-order valence-corrected chi connectivity index (χ4v) is 0.958. The zero-order valence-electron chi connectivity index (χ0n) is 6.52. The van der Waals surface area contributed by atoms with Crippen molar-refractivity contribution in [3.8, 4) is 0 Å². The summed E-state index contributed by atoms with van der Waals surface area (Å²) in [5, 5.41) is 13.1. The van der Waals surface area contributed by atoms with E-state index in [0.29, 0.717) is 6.07 Å². The maximum atomic E-state index is 12.8. The standard InChI is InChI=1S/C6H2ClFN4O2/c7-3-1-5(10-11-9)6(12(13)14)2-4(3)8/h1-2H. The van der Waals surface area contributed by atoms with E-state index in [4.69, 9.17) is 17.1 Å². The molecule has 0 aromatic heterocycles. The summed E-state index contributed by atoms with van der Waals surface area (Å²) >= 11 is 5.35. The van der Waals surface area contributed by atoms with Crippen molar-refractivity contribution in [3.63, 3.8) is 0 Å². The van der Waals surface area contributed by atoms with Crippen LogP contribution in [0, 0.1) is 15.9 Å². The zero-order valence-corrected chi connectivity index (χ0v) is 7.27. The Morgan fingerprint density at radius 3 is 2.79 bits per heavy atom. The molecule has 0 atom stereocenters. The predicted octanol–water partition coefficient (Wildman–Crippen LogP) is 3.33. The highest BCUT2D eigenvalue weighted by Gasteiger charge is 2.16. The Balaban J connectivity index is 3.45. The second kappa shape index (κ2) is 3.91. The summed E-state index contributed by atoms with van der Waals surface area (Å²) in [6, 6.07) is 1.50. The molecule has 0 fully saturated rings. The Hall–Kier alpha value is -1.85. The van der Waals surface area contributed by atoms with Gasteiger partial charge in [-0.15, -0.1) is 0 Å². The molecule has 0 N–H and O–H groups in total. The van der Waals surface area contributed by atoms with Crippen LogP contribution in [0.1, 0.15) is 0 Å². The third-order valence-electron chi connectivity index (χ3n) is 1.37. The van der Waals surface area contributed by atoms with Gasteiger partial charge < -0.3 is 0 Å². The molecule has 0 saturated carbocycles. The molecule has 0 spiro atoms. The molecule has 0 radical (unpaired) electrons. The highest BCUT2D eigenvalue weighted by atomic mass is 35.5. The fraction of sp³-hybridized carbons (Fsp3) is 0. The smallest absolute Gasteiger partial charge is 0.258 e. The van der Waals surface area contributed by atoms with E-state index in [-0.39, 0.29) is 10.7 Å². The van der Waals surface area contributed by atoms with Crippen LogP contribution in [-0.2, 0) is 0 Å². The molecule has 0 aliphatic rings. The van der Waals surface area contributed by atoms with E-state index in [1.54, 1.807) is 0 Å². The third kappa shape index (κ3) is 1.90. The molecule has 0 heterocycles. The Morgan fingerprint density at radius 2 is 2.29 bits per heavy atom. The van der Waals surface area contributed by atoms with Crippen molar-refractivity contribution in [2.75, 3.05) is 0 Å². The van der Waals surface area contributed by atoms with Crippen molar-refractivity contribution in [2.24, 2.45) is 5.11 Å². The lowest BCUT2D eigenvalue weighted by Crippen LogP contribution is -1.90. The average Bonchev–Trinajstić information content (AvgIpc) is 2.11. The van der Waals surface area contributed by atoms with Crippen LogP contribution in [0.5, 0.6) is 0 Å². The van der Waals surface area contributed by atoms with E-state index < -0.39 is 16.4 Å². The number of hydrogen-bond donors (Lipinski definition) is 0. The molecule has 1 aromatic rings. The van der Waals surface area contributed by atoms with Crippen molar-refractivity contribution >= 4 is 23.0 Å². The van der Waals surface area contributed by atoms with Crippen LogP contribution in [0.3, 0.4) is 0 Å². The first-order valence-electron chi connectivity index (χ1n) is 3.25. The number of halogens is 2. The summed E-state index contributed by atoms with van der Waals surface area (Å²) in [6.45, 7) is 0. The number of benzene rings is 1. The molecule has 1 aromatic carbocycles. The average molecular weight is 217 g/mol. The molecular formula is C6H2ClFN4O2. The Kier molecular flexibility index (Phi) is 2.85. The largest absolute Gasteiger partial charge is 0.282 e. The minimum atomic E-state index is -0.935. The summed E-state index contributed by atoms with van der Waals surface area (Å²) in [5.41, 5.74) is 7.15. The maximum Gasteiger partial charge on any atom is 0.282 e. The predicted molar refractivity (Wildman–Crippen MR) is 46.9 cm³/mol. The van der Waals surface area contributed by atoms with Crippen LogP contribution < -0.4 is 0 Å². The molecule has 72 valence electrons. The van der Waals surface area contributed by atoms with Crippen molar-refractivity contribution in [1.82, 2.24) is 0 Å². The van der Waals surface area contributed by atoms with Gasteiger partial charge in [-0.1, -0.05) is 16.7 Å². The first kappa shape index (κ1) is 10.2. The lowest BCUT2D eigenvalue weighted by atomic mass is 10.2. The lowest BCUT2D eigenvalue weighted by Gasteiger charge is -1.97. The van der Waals surface area contributed by atoms with Crippen molar-refractivity contribution in [3.05, 3.63) is 43.5 Å². The van der Waals surface area contributed by atoms with Crippen LogP contribution in [0.25, 0.3) is 10.4 Å². The monoisotopic (exact) mass is 216 g/mol. The molecule has 8 heteroatoms. The van der Waals surface area contributed by atoms with Gasteiger partial charge in [0.15, 0.2) is 0 Å². The summed E-state index contributed by atoms with van der Waals surface area (Å²) in [5.74, 6) is -0.935. The normalized spacial score (nSPS) is 9.29. The van der Waals surface area contributed by atoms with Crippen LogP contribution in [0.15, 0.2) is 17.2 Å². The fourth-order valence-electron chi connectivity index (χ4n) is 0.800. The first-order chi connectivity index (χ1) is 6.56. The molecule has 0 aliphatic heterocycles. The second-order valence-electron chi connectivity index (χ2n) is 2.20. The van der Waals surface area contributed by atoms with Crippen LogP contribution in [0.2, 0.25) is 5.02 Å². The molecule has 0 amide bonds. The van der Waals surface area contributed by atoms with Gasteiger partial charge in [0.25, 0.3) is 5.69 Å². The highest BCUT2D eigenvalue weighted by molar-refractivity contribution is 6.31. The Labute approximate surface area is 81.7 Å². The first-order valence-corrected chi connectivity index (χ1v) is 3.62. The van der Waals surface area contributed by atoms with Gasteiger partial charge in [0, 0.05) is 4.91 Å². The summed E-state index contributed by atoms with van der Waals surface area (Å²) in [4.78, 5) is 11.9. The number of nitrogens with zero attached hydrogens (tertiary/aromatic N) is 4. The number of azide groups is 1. The Bertz CT molecular complexity index is 417. The summed E-state index contributed by atoms with van der Waals surface area (Å²) in [7, 11) is 0. The third-order valence-corrected chi connectivity index (χ3v) is 1.66. The molecule has 0 unspecified atom stereocenters. The van der Waals surface area contributed by atoms with Crippen molar-refractivity contribution in [1.29, 1.82) is 0 Å². The summed E-state index contributed by atoms with van der Waals surface area (Å²) in [6.07, 6.45) is 0. The molecule has 0 saturated heterocycles. The van der Waals surface area contributed by atoms with E-state index in [2.05, 4.69) is 10.0 Å². The number of nitro groups is 1. The number of hydrogen-bond acceptors (Lipinski definition) is 3. The molecule has 0 bridgehead atoms. The van der Waals surface area contributed by atoms with Crippen LogP contribution >= 0.6 is 11.6 Å². The Morgan fingerprint density at radius 1 is 1.64 bits per heavy atom. The van der Waals surface area contributed by atoms with Gasteiger partial charge in [0.05, 0.1) is 16.0 Å². The zero-order chi connectivity index (χ0) is 10.7. The van der Waals surface area contributed by atoms with Gasteiger partial charge in [-0.05, 0) is 11.6 Å². The maximum absolute atomic E-state index is 12.8. The van der Waals surface area contributed by atoms with Crippen molar-refractivity contribution < 1.29 is 9.31 Å². The molecular weight excluding hydrogens is 215 g/mol. The van der Waals surface area contributed by atoms with E-state index >= 15 is 0 Å². The van der Waals surface area contributed by atoms with E-state index in [1.165, 1.54) is 0 Å². The molecule has 0 aliphatic carbocycles. The van der Waals surface area contributed by atoms with E-state index in [9.17, 15) is 14.5 Å². The molecule has 14 heavy (non-hydrogen) atoms. The quantitative estimate of drug-likeness (QED) is 0.249. The lowest BCUT2D eigenvalue weighted by molar-refractivity contribution is -0.384. The van der Waals surface area contributed by atoms with Gasteiger partial charge in [-0.2, -0.15) is 0 Å². The van der Waals surface area contributed by atoms with Crippen molar-refractivity contribution in [2.45, 2.75) is 0 Å². The molecule has 1 rings (SSSR count). The topological polar surface area (TPSA) is 91.9 Å². The molecule has 6 nitrogen and oxygen atoms in total. The van der Waals surface area contributed by atoms with Gasteiger partial charge in [-0.3, -0.25) is 10.1 Å². The van der Waals surface area contributed by atoms with Crippen LogP contribution in [0.4, 0.5) is 15.8 Å². The van der Waals surface area contributed by atoms with Gasteiger partial charge in [0.2, 0.25) is 0 Å². The second-order valence-corrected chi connectivity index (χ2v) is 2.61. The minimum absolute atomic E-state index is 0.316. The summed E-state index contributed by atoms with van der Waals surface area (Å²) < 4.78 is 12.8. The van der Waals surface area contributed by atoms with E-state index in [1.807, 2.05) is 0 Å². The van der Waals surface area contributed by atoms with Gasteiger partial charge in [-0.25, -0.2) is 4.39 Å². The van der Waals surface area contributed by atoms with Crippen LogP contribution in [-0.4, -0.2) is 4.92 Å². The minimum Gasteiger partial charge on any atom is -0.258 e. The number of rotatable bonds is 2. The number of nitro benzene ring substituents is 1. The SMILES string of the molecule is [N-]=[N+]=Nc1cc(Cl)c(F)cc1[N+](=O)[O-]. The van der Waals surface area contributed by atoms with Gasteiger partial charge in [0.1, 0.15) is 11.5 Å². The highest BCUT2D eigenvalue weighted by Crippen LogP contribution is 2.32. The van der Waals surface area contributed by atoms with Gasteiger partial charge >= 0.3 is 0 Å². The van der Waals surface area contributed by atoms with E-state index in [0.717, 1.165) is 6.07 Å².